The molecule has 0 atom stereocenters. The summed E-state index contributed by atoms with van der Waals surface area (Å²) in [6, 6.07) is 4.55. The highest BCUT2D eigenvalue weighted by atomic mass is 35.7. The number of benzene rings is 1. The number of carbonyl (C=O) groups excluding carboxylic acids is 1. The maximum atomic E-state index is 12.6. The first-order chi connectivity index (χ1) is 9.00. The Hall–Kier alpha value is -1.07. The van der Waals surface area contributed by atoms with E-state index in [1.165, 1.54) is 6.07 Å². The predicted octanol–water partition coefficient (Wildman–Crippen LogP) is 3.18. The molecule has 0 aliphatic carbocycles. The first kappa shape index (κ1) is 17.0. The molecule has 0 spiro atoms. The minimum atomic E-state index is -3.96. The van der Waals surface area contributed by atoms with Crippen molar-refractivity contribution in [1.29, 1.82) is 0 Å². The summed E-state index contributed by atoms with van der Waals surface area (Å²) in [5.74, 6) is -0.347. The van der Waals surface area contributed by atoms with Crippen LogP contribution >= 0.6 is 10.7 Å². The van der Waals surface area contributed by atoms with Gasteiger partial charge in [-0.25, -0.2) is 8.42 Å². The van der Waals surface area contributed by atoms with E-state index in [2.05, 4.69) is 0 Å². The molecule has 0 aromatic heterocycles. The summed E-state index contributed by atoms with van der Waals surface area (Å²) in [6.45, 7) is 7.62. The van der Waals surface area contributed by atoms with Crippen molar-refractivity contribution in [3.63, 3.8) is 0 Å². The number of nitrogens with zero attached hydrogens (tertiary/aromatic N) is 1. The van der Waals surface area contributed by atoms with Gasteiger partial charge in [-0.3, -0.25) is 4.79 Å². The van der Waals surface area contributed by atoms with E-state index in [4.69, 9.17) is 10.7 Å². The Kier molecular flexibility index (Phi) is 4.87. The third-order valence-corrected chi connectivity index (χ3v) is 5.09. The summed E-state index contributed by atoms with van der Waals surface area (Å²) in [4.78, 5) is 14.0. The molecular weight excluding hydrogens is 298 g/mol. The highest BCUT2D eigenvalue weighted by Gasteiger charge is 2.30. The zero-order chi connectivity index (χ0) is 15.7. The molecule has 0 radical (unpaired) electrons. The summed E-state index contributed by atoms with van der Waals surface area (Å²) < 4.78 is 23.2. The standard InChI is InChI=1S/C14H20ClNO3S/c1-6-14(3,4)16(5)13(17)11-9-10(2)7-8-12(11)20(15,18)19/h7-9H,6H2,1-5H3. The molecule has 20 heavy (non-hydrogen) atoms. The monoisotopic (exact) mass is 317 g/mol. The Labute approximate surface area is 125 Å². The van der Waals surface area contributed by atoms with E-state index in [-0.39, 0.29) is 21.9 Å². The molecule has 0 saturated carbocycles. The van der Waals surface area contributed by atoms with E-state index >= 15 is 0 Å². The molecule has 1 rings (SSSR count). The number of hydrogen-bond donors (Lipinski definition) is 0. The van der Waals surface area contributed by atoms with Crippen molar-refractivity contribution in [1.82, 2.24) is 4.90 Å². The van der Waals surface area contributed by atoms with Gasteiger partial charge in [-0.1, -0.05) is 18.6 Å². The average Bonchev–Trinajstić information content (AvgIpc) is 2.35. The molecule has 0 aliphatic heterocycles. The van der Waals surface area contributed by atoms with Crippen molar-refractivity contribution in [2.24, 2.45) is 0 Å². The van der Waals surface area contributed by atoms with Crippen LogP contribution in [0.5, 0.6) is 0 Å². The molecular formula is C14H20ClNO3S. The SMILES string of the molecule is CCC(C)(C)N(C)C(=O)c1cc(C)ccc1S(=O)(=O)Cl. The van der Waals surface area contributed by atoms with Crippen molar-refractivity contribution < 1.29 is 13.2 Å². The molecule has 1 aromatic rings. The number of hydrogen-bond acceptors (Lipinski definition) is 3. The Bertz CT molecular complexity index is 623. The fourth-order valence-electron chi connectivity index (χ4n) is 1.72. The van der Waals surface area contributed by atoms with Crippen molar-refractivity contribution in [2.75, 3.05) is 7.05 Å². The van der Waals surface area contributed by atoms with Gasteiger partial charge in [0.05, 0.1) is 10.5 Å². The van der Waals surface area contributed by atoms with E-state index in [1.807, 2.05) is 20.8 Å². The quantitative estimate of drug-likeness (QED) is 0.801. The normalized spacial score (nSPS) is 12.3. The lowest BCUT2D eigenvalue weighted by molar-refractivity contribution is 0.0616. The molecule has 1 aromatic carbocycles. The maximum Gasteiger partial charge on any atom is 0.262 e. The number of rotatable bonds is 4. The lowest BCUT2D eigenvalue weighted by Crippen LogP contribution is -2.44. The van der Waals surface area contributed by atoms with Crippen molar-refractivity contribution in [3.8, 4) is 0 Å². The van der Waals surface area contributed by atoms with Crippen molar-refractivity contribution in [2.45, 2.75) is 44.6 Å². The summed E-state index contributed by atoms with van der Waals surface area (Å²) in [7, 11) is 3.12. The summed E-state index contributed by atoms with van der Waals surface area (Å²) in [5.41, 5.74) is 0.554. The van der Waals surface area contributed by atoms with Crippen LogP contribution in [0, 0.1) is 6.92 Å². The van der Waals surface area contributed by atoms with Crippen molar-refractivity contribution >= 4 is 25.6 Å². The van der Waals surface area contributed by atoms with Gasteiger partial charge in [-0.05, 0) is 39.3 Å². The third kappa shape index (κ3) is 3.52. The Morgan fingerprint density at radius 3 is 2.35 bits per heavy atom. The Balaban J connectivity index is 3.40. The van der Waals surface area contributed by atoms with Gasteiger partial charge in [0.25, 0.3) is 15.0 Å². The van der Waals surface area contributed by atoms with Crippen molar-refractivity contribution in [3.05, 3.63) is 29.3 Å². The van der Waals surface area contributed by atoms with E-state index in [0.29, 0.717) is 0 Å². The molecule has 0 bridgehead atoms. The Morgan fingerprint density at radius 2 is 1.90 bits per heavy atom. The van der Waals surface area contributed by atoms with Crippen LogP contribution in [0.15, 0.2) is 23.1 Å². The lowest BCUT2D eigenvalue weighted by Gasteiger charge is -2.35. The Morgan fingerprint density at radius 1 is 1.35 bits per heavy atom. The van der Waals surface area contributed by atoms with Gasteiger partial charge in [0.1, 0.15) is 0 Å². The second-order valence-electron chi connectivity index (χ2n) is 5.47. The zero-order valence-corrected chi connectivity index (χ0v) is 14.0. The maximum absolute atomic E-state index is 12.6. The summed E-state index contributed by atoms with van der Waals surface area (Å²) in [5, 5.41) is 0. The van der Waals surface area contributed by atoms with Crippen LogP contribution in [0.4, 0.5) is 0 Å². The molecule has 0 fully saturated rings. The molecule has 0 aliphatic rings. The minimum absolute atomic E-state index is 0.115. The first-order valence-corrected chi connectivity index (χ1v) is 8.65. The molecule has 112 valence electrons. The molecule has 0 heterocycles. The van der Waals surface area contributed by atoms with Crippen LogP contribution in [-0.2, 0) is 9.05 Å². The number of amides is 1. The molecule has 0 saturated heterocycles. The molecule has 1 amide bonds. The zero-order valence-electron chi connectivity index (χ0n) is 12.4. The van der Waals surface area contributed by atoms with Gasteiger partial charge >= 0.3 is 0 Å². The fourth-order valence-corrected chi connectivity index (χ4v) is 2.76. The minimum Gasteiger partial charge on any atom is -0.337 e. The van der Waals surface area contributed by atoms with Gasteiger partial charge in [-0.15, -0.1) is 0 Å². The number of halogens is 1. The predicted molar refractivity (Wildman–Crippen MR) is 80.7 cm³/mol. The van der Waals surface area contributed by atoms with Crippen LogP contribution < -0.4 is 0 Å². The van der Waals surface area contributed by atoms with Gasteiger partial charge < -0.3 is 4.90 Å². The largest absolute Gasteiger partial charge is 0.337 e. The van der Waals surface area contributed by atoms with Crippen LogP contribution in [0.1, 0.15) is 43.1 Å². The van der Waals surface area contributed by atoms with E-state index < -0.39 is 9.05 Å². The van der Waals surface area contributed by atoms with Gasteiger partial charge in [0.2, 0.25) is 0 Å². The van der Waals surface area contributed by atoms with Crippen LogP contribution in [0.25, 0.3) is 0 Å². The van der Waals surface area contributed by atoms with E-state index in [0.717, 1.165) is 12.0 Å². The number of aryl methyl sites for hydroxylation is 1. The van der Waals surface area contributed by atoms with Gasteiger partial charge in [-0.2, -0.15) is 0 Å². The summed E-state index contributed by atoms with van der Waals surface area (Å²) >= 11 is 0. The van der Waals surface area contributed by atoms with Crippen LogP contribution in [0.3, 0.4) is 0 Å². The second-order valence-corrected chi connectivity index (χ2v) is 8.00. The molecule has 6 heteroatoms. The van der Waals surface area contributed by atoms with E-state index in [1.54, 1.807) is 31.0 Å². The van der Waals surface area contributed by atoms with Crippen LogP contribution in [0.2, 0.25) is 0 Å². The van der Waals surface area contributed by atoms with E-state index in [9.17, 15) is 13.2 Å². The lowest BCUT2D eigenvalue weighted by atomic mass is 9.98. The first-order valence-electron chi connectivity index (χ1n) is 6.34. The molecule has 0 N–H and O–H groups in total. The third-order valence-electron chi connectivity index (χ3n) is 3.71. The average molecular weight is 318 g/mol. The molecule has 4 nitrogen and oxygen atoms in total. The van der Waals surface area contributed by atoms with Gasteiger partial charge in [0.15, 0.2) is 0 Å². The second kappa shape index (κ2) is 5.74. The fraction of sp³-hybridized carbons (Fsp3) is 0.500. The summed E-state index contributed by atoms with van der Waals surface area (Å²) in [6.07, 6.45) is 0.754. The molecule has 0 unspecified atom stereocenters. The van der Waals surface area contributed by atoms with Crippen LogP contribution in [-0.4, -0.2) is 31.8 Å². The highest BCUT2D eigenvalue weighted by Crippen LogP contribution is 2.26. The topological polar surface area (TPSA) is 54.5 Å². The number of carbonyl (C=O) groups is 1. The van der Waals surface area contributed by atoms with Gasteiger partial charge in [0, 0.05) is 23.3 Å². The highest BCUT2D eigenvalue weighted by molar-refractivity contribution is 8.13. The smallest absolute Gasteiger partial charge is 0.262 e.